The standard InChI is InChI=1S/C20H22FN3OS2/c1-23(2)11-6-12-24(19(25)14-26-16-7-4-3-5-8-16)20-22-17-10-9-15(21)13-18(17)27-20/h3-5,7-10,13H,6,11-12,14H2,1-2H3/p+1. The predicted molar refractivity (Wildman–Crippen MR) is 111 cm³/mol. The molecule has 7 heteroatoms. The Morgan fingerprint density at radius 2 is 2.00 bits per heavy atom. The van der Waals surface area contributed by atoms with E-state index in [0.717, 1.165) is 28.1 Å². The lowest BCUT2D eigenvalue weighted by Crippen LogP contribution is -3.05. The minimum Gasteiger partial charge on any atom is -0.340 e. The van der Waals surface area contributed by atoms with Crippen molar-refractivity contribution in [3.05, 3.63) is 54.3 Å². The van der Waals surface area contributed by atoms with Crippen LogP contribution in [-0.2, 0) is 4.79 Å². The zero-order valence-corrected chi connectivity index (χ0v) is 17.1. The van der Waals surface area contributed by atoms with Crippen LogP contribution in [0.2, 0.25) is 0 Å². The lowest BCUT2D eigenvalue weighted by molar-refractivity contribution is -0.858. The summed E-state index contributed by atoms with van der Waals surface area (Å²) in [5, 5.41) is 0.642. The second-order valence-corrected chi connectivity index (χ2v) is 8.62. The molecular formula is C20H23FN3OS2+. The Morgan fingerprint density at radius 3 is 2.74 bits per heavy atom. The fourth-order valence-corrected chi connectivity index (χ4v) is 4.49. The van der Waals surface area contributed by atoms with Crippen LogP contribution < -0.4 is 9.80 Å². The maximum absolute atomic E-state index is 13.5. The molecule has 4 nitrogen and oxygen atoms in total. The van der Waals surface area contributed by atoms with E-state index >= 15 is 0 Å². The molecule has 3 rings (SSSR count). The predicted octanol–water partition coefficient (Wildman–Crippen LogP) is 3.10. The first-order chi connectivity index (χ1) is 13.0. The summed E-state index contributed by atoms with van der Waals surface area (Å²) in [6.07, 6.45) is 0.883. The van der Waals surface area contributed by atoms with Gasteiger partial charge in [-0.15, -0.1) is 11.8 Å². The fourth-order valence-electron chi connectivity index (χ4n) is 2.66. The largest absolute Gasteiger partial charge is 0.340 e. The number of quaternary nitrogens is 1. The molecule has 0 fully saturated rings. The number of thiazole rings is 1. The second-order valence-electron chi connectivity index (χ2n) is 6.57. The highest BCUT2D eigenvalue weighted by Gasteiger charge is 2.20. The van der Waals surface area contributed by atoms with Gasteiger partial charge in [-0.1, -0.05) is 29.5 Å². The molecule has 0 aliphatic heterocycles. The van der Waals surface area contributed by atoms with E-state index in [0.29, 0.717) is 17.4 Å². The van der Waals surface area contributed by atoms with Crippen LogP contribution in [0, 0.1) is 5.82 Å². The van der Waals surface area contributed by atoms with Gasteiger partial charge in [0.2, 0.25) is 5.91 Å². The van der Waals surface area contributed by atoms with Gasteiger partial charge in [0.15, 0.2) is 5.13 Å². The molecule has 0 aliphatic carbocycles. The van der Waals surface area contributed by atoms with Gasteiger partial charge in [0, 0.05) is 17.9 Å². The van der Waals surface area contributed by atoms with Crippen molar-refractivity contribution >= 4 is 44.4 Å². The highest BCUT2D eigenvalue weighted by molar-refractivity contribution is 8.00. The zero-order chi connectivity index (χ0) is 19.2. The first-order valence-electron chi connectivity index (χ1n) is 8.86. The van der Waals surface area contributed by atoms with Crippen molar-refractivity contribution in [3.63, 3.8) is 0 Å². The van der Waals surface area contributed by atoms with Crippen LogP contribution in [0.15, 0.2) is 53.4 Å². The number of halogens is 1. The average molecular weight is 405 g/mol. The van der Waals surface area contributed by atoms with Crippen molar-refractivity contribution in [3.8, 4) is 0 Å². The molecular weight excluding hydrogens is 381 g/mol. The number of nitrogens with zero attached hydrogens (tertiary/aromatic N) is 2. The third-order valence-electron chi connectivity index (χ3n) is 4.04. The molecule has 1 N–H and O–H groups in total. The molecule has 0 atom stereocenters. The van der Waals surface area contributed by atoms with E-state index < -0.39 is 0 Å². The molecule has 3 aromatic rings. The van der Waals surface area contributed by atoms with Crippen molar-refractivity contribution in [2.75, 3.05) is 37.8 Å². The Bertz CT molecular complexity index is 899. The Kier molecular flexibility index (Phi) is 6.82. The number of hydrogen-bond acceptors (Lipinski definition) is 4. The Morgan fingerprint density at radius 1 is 1.22 bits per heavy atom. The van der Waals surface area contributed by atoms with Crippen LogP contribution in [0.25, 0.3) is 10.2 Å². The Balaban J connectivity index is 1.77. The minimum atomic E-state index is -0.286. The van der Waals surface area contributed by atoms with Gasteiger partial charge in [0.05, 0.1) is 36.6 Å². The fraction of sp³-hybridized carbons (Fsp3) is 0.300. The van der Waals surface area contributed by atoms with E-state index in [1.54, 1.807) is 11.0 Å². The molecule has 2 aromatic carbocycles. The molecule has 0 saturated heterocycles. The van der Waals surface area contributed by atoms with Gasteiger partial charge in [-0.05, 0) is 30.3 Å². The average Bonchev–Trinajstić information content (AvgIpc) is 3.06. The number of fused-ring (bicyclic) bond motifs is 1. The lowest BCUT2D eigenvalue weighted by Gasteiger charge is -2.20. The zero-order valence-electron chi connectivity index (χ0n) is 15.4. The first-order valence-corrected chi connectivity index (χ1v) is 10.7. The number of benzene rings is 2. The SMILES string of the molecule is C[NH+](C)CCCN(C(=O)CSc1ccccc1)c1nc2ccc(F)cc2s1. The summed E-state index contributed by atoms with van der Waals surface area (Å²) in [6, 6.07) is 14.4. The number of thioether (sulfide) groups is 1. The molecule has 0 bridgehead atoms. The molecule has 0 radical (unpaired) electrons. The van der Waals surface area contributed by atoms with Crippen molar-refractivity contribution < 1.29 is 14.1 Å². The topological polar surface area (TPSA) is 37.6 Å². The summed E-state index contributed by atoms with van der Waals surface area (Å²) in [6.45, 7) is 1.58. The number of carbonyl (C=O) groups excluding carboxylic acids is 1. The van der Waals surface area contributed by atoms with E-state index in [-0.39, 0.29) is 11.7 Å². The van der Waals surface area contributed by atoms with Crippen LogP contribution in [0.1, 0.15) is 6.42 Å². The quantitative estimate of drug-likeness (QED) is 0.587. The normalized spacial score (nSPS) is 11.3. The van der Waals surface area contributed by atoms with Crippen LogP contribution in [0.4, 0.5) is 9.52 Å². The second kappa shape index (κ2) is 9.30. The third-order valence-corrected chi connectivity index (χ3v) is 6.07. The summed E-state index contributed by atoms with van der Waals surface area (Å²) >= 11 is 2.89. The number of amides is 1. The number of aromatic nitrogens is 1. The van der Waals surface area contributed by atoms with E-state index in [1.807, 2.05) is 30.3 Å². The molecule has 0 aliphatic rings. The van der Waals surface area contributed by atoms with Crippen molar-refractivity contribution in [1.82, 2.24) is 4.98 Å². The summed E-state index contributed by atoms with van der Waals surface area (Å²) in [4.78, 5) is 21.7. The van der Waals surface area contributed by atoms with E-state index in [1.165, 1.54) is 40.1 Å². The first kappa shape index (κ1) is 19.8. The van der Waals surface area contributed by atoms with E-state index in [2.05, 4.69) is 19.1 Å². The molecule has 142 valence electrons. The smallest absolute Gasteiger partial charge is 0.239 e. The van der Waals surface area contributed by atoms with Gasteiger partial charge < -0.3 is 4.90 Å². The van der Waals surface area contributed by atoms with Crippen LogP contribution in [-0.4, -0.2) is 43.8 Å². The number of hydrogen-bond donors (Lipinski definition) is 1. The van der Waals surface area contributed by atoms with Crippen LogP contribution in [0.5, 0.6) is 0 Å². The van der Waals surface area contributed by atoms with Crippen LogP contribution >= 0.6 is 23.1 Å². The van der Waals surface area contributed by atoms with Gasteiger partial charge in [-0.2, -0.15) is 0 Å². The third kappa shape index (κ3) is 5.51. The highest BCUT2D eigenvalue weighted by atomic mass is 32.2. The Hall–Kier alpha value is -1.96. The summed E-state index contributed by atoms with van der Waals surface area (Å²) in [5.41, 5.74) is 0.725. The van der Waals surface area contributed by atoms with Crippen molar-refractivity contribution in [2.45, 2.75) is 11.3 Å². The molecule has 1 amide bonds. The van der Waals surface area contributed by atoms with Gasteiger partial charge in [-0.25, -0.2) is 9.37 Å². The minimum absolute atomic E-state index is 0.0251. The van der Waals surface area contributed by atoms with Crippen molar-refractivity contribution in [2.24, 2.45) is 0 Å². The van der Waals surface area contributed by atoms with Crippen molar-refractivity contribution in [1.29, 1.82) is 0 Å². The molecule has 0 unspecified atom stereocenters. The van der Waals surface area contributed by atoms with Gasteiger partial charge in [-0.3, -0.25) is 9.69 Å². The van der Waals surface area contributed by atoms with E-state index in [9.17, 15) is 9.18 Å². The number of anilines is 1. The molecule has 27 heavy (non-hydrogen) atoms. The monoisotopic (exact) mass is 404 g/mol. The molecule has 0 spiro atoms. The number of nitrogens with one attached hydrogen (secondary N) is 1. The maximum atomic E-state index is 13.5. The number of rotatable bonds is 8. The summed E-state index contributed by atoms with van der Waals surface area (Å²) < 4.78 is 14.3. The number of carbonyl (C=O) groups is 1. The van der Waals surface area contributed by atoms with Gasteiger partial charge in [0.1, 0.15) is 5.82 Å². The summed E-state index contributed by atoms with van der Waals surface area (Å²) in [5.74, 6) is 0.0897. The van der Waals surface area contributed by atoms with Gasteiger partial charge in [0.25, 0.3) is 0 Å². The Labute approximate surface area is 167 Å². The molecule has 1 aromatic heterocycles. The van der Waals surface area contributed by atoms with Gasteiger partial charge >= 0.3 is 0 Å². The maximum Gasteiger partial charge on any atom is 0.239 e. The molecule has 1 heterocycles. The van der Waals surface area contributed by atoms with E-state index in [4.69, 9.17) is 0 Å². The highest BCUT2D eigenvalue weighted by Crippen LogP contribution is 2.30. The molecule has 0 saturated carbocycles. The lowest BCUT2D eigenvalue weighted by atomic mass is 10.3. The summed E-state index contributed by atoms with van der Waals surface area (Å²) in [7, 11) is 4.19. The van der Waals surface area contributed by atoms with Crippen LogP contribution in [0.3, 0.4) is 0 Å².